The van der Waals surface area contributed by atoms with Crippen LogP contribution in [0.2, 0.25) is 0 Å². The number of hydrogen-bond acceptors (Lipinski definition) is 4. The van der Waals surface area contributed by atoms with Crippen LogP contribution in [0.1, 0.15) is 20.8 Å². The number of rotatable bonds is 4. The van der Waals surface area contributed by atoms with Gasteiger partial charge < -0.3 is 9.29 Å². The average Bonchev–Trinajstić information content (AvgIpc) is 1.98. The van der Waals surface area contributed by atoms with E-state index in [0.29, 0.717) is 0 Å². The van der Waals surface area contributed by atoms with Crippen LogP contribution in [0.25, 0.3) is 0 Å². The zero-order chi connectivity index (χ0) is 9.72. The summed E-state index contributed by atoms with van der Waals surface area (Å²) >= 11 is -2.38. The normalized spacial score (nSPS) is 15.8. The first-order valence-corrected chi connectivity index (χ1v) is 4.83. The summed E-state index contributed by atoms with van der Waals surface area (Å²) in [6, 6.07) is 0. The molecule has 0 saturated carbocycles. The SMILES string of the molecule is CC(C)COC(=O)C(C)S(=O)[O-]. The molecule has 5 heteroatoms. The van der Waals surface area contributed by atoms with Gasteiger partial charge in [0.15, 0.2) is 0 Å². The van der Waals surface area contributed by atoms with Crippen molar-refractivity contribution in [1.82, 2.24) is 0 Å². The Bertz CT molecular complexity index is 178. The molecule has 0 saturated heterocycles. The van der Waals surface area contributed by atoms with Gasteiger partial charge in [-0.25, -0.2) is 0 Å². The predicted octanol–water partition coefficient (Wildman–Crippen LogP) is 0.453. The summed E-state index contributed by atoms with van der Waals surface area (Å²) in [5.41, 5.74) is 0. The van der Waals surface area contributed by atoms with Gasteiger partial charge in [0.05, 0.1) is 6.61 Å². The van der Waals surface area contributed by atoms with Gasteiger partial charge in [0, 0.05) is 0 Å². The molecule has 4 nitrogen and oxygen atoms in total. The summed E-state index contributed by atoms with van der Waals surface area (Å²) in [4.78, 5) is 10.9. The van der Waals surface area contributed by atoms with Crippen molar-refractivity contribution in [1.29, 1.82) is 0 Å². The van der Waals surface area contributed by atoms with E-state index in [4.69, 9.17) is 4.74 Å². The Morgan fingerprint density at radius 3 is 2.33 bits per heavy atom. The third kappa shape index (κ3) is 4.46. The van der Waals surface area contributed by atoms with E-state index in [1.165, 1.54) is 6.92 Å². The quantitative estimate of drug-likeness (QED) is 0.480. The Balaban J connectivity index is 3.80. The van der Waals surface area contributed by atoms with Crippen molar-refractivity contribution in [3.8, 4) is 0 Å². The van der Waals surface area contributed by atoms with Crippen molar-refractivity contribution in [3.63, 3.8) is 0 Å². The minimum absolute atomic E-state index is 0.223. The van der Waals surface area contributed by atoms with E-state index in [0.717, 1.165) is 0 Å². The van der Waals surface area contributed by atoms with Crippen LogP contribution >= 0.6 is 0 Å². The third-order valence-corrected chi connectivity index (χ3v) is 1.95. The molecular formula is C7H13O4S-. The van der Waals surface area contributed by atoms with E-state index in [1.54, 1.807) is 0 Å². The lowest BCUT2D eigenvalue weighted by Crippen LogP contribution is -2.25. The molecule has 0 aliphatic rings. The lowest BCUT2D eigenvalue weighted by molar-refractivity contribution is -0.143. The second kappa shape index (κ2) is 5.27. The monoisotopic (exact) mass is 193 g/mol. The third-order valence-electron chi connectivity index (χ3n) is 1.18. The maximum atomic E-state index is 10.9. The largest absolute Gasteiger partial charge is 0.772 e. The van der Waals surface area contributed by atoms with Gasteiger partial charge in [-0.15, -0.1) is 0 Å². The highest BCUT2D eigenvalue weighted by molar-refractivity contribution is 7.80. The fraction of sp³-hybridized carbons (Fsp3) is 0.857. The summed E-state index contributed by atoms with van der Waals surface area (Å²) in [5, 5.41) is -1.07. The van der Waals surface area contributed by atoms with Crippen LogP contribution in [0.5, 0.6) is 0 Å². The average molecular weight is 193 g/mol. The number of carbonyl (C=O) groups excluding carboxylic acids is 1. The van der Waals surface area contributed by atoms with Crippen LogP contribution in [0.4, 0.5) is 0 Å². The molecule has 0 heterocycles. The first-order valence-electron chi connectivity index (χ1n) is 3.69. The standard InChI is InChI=1S/C7H14O4S/c1-5(2)4-11-7(8)6(3)12(9)10/h5-6H,4H2,1-3H3,(H,9,10)/p-1. The van der Waals surface area contributed by atoms with Crippen LogP contribution in [-0.4, -0.2) is 26.6 Å². The second-order valence-electron chi connectivity index (χ2n) is 2.93. The van der Waals surface area contributed by atoms with Crippen LogP contribution in [0, 0.1) is 5.92 Å². The van der Waals surface area contributed by atoms with E-state index < -0.39 is 22.3 Å². The van der Waals surface area contributed by atoms with Gasteiger partial charge in [-0.2, -0.15) is 0 Å². The predicted molar refractivity (Wildman–Crippen MR) is 44.2 cm³/mol. The minimum atomic E-state index is -2.38. The van der Waals surface area contributed by atoms with Crippen molar-refractivity contribution in [2.24, 2.45) is 5.92 Å². The molecule has 0 aromatic rings. The molecule has 12 heavy (non-hydrogen) atoms. The van der Waals surface area contributed by atoms with Gasteiger partial charge in [-0.3, -0.25) is 9.00 Å². The first-order chi connectivity index (χ1) is 5.45. The van der Waals surface area contributed by atoms with Gasteiger partial charge in [0.25, 0.3) is 0 Å². The number of esters is 1. The lowest BCUT2D eigenvalue weighted by Gasteiger charge is -2.14. The first kappa shape index (κ1) is 11.6. The number of hydrogen-bond donors (Lipinski definition) is 0. The fourth-order valence-corrected chi connectivity index (χ4v) is 0.670. The molecule has 0 aliphatic heterocycles. The van der Waals surface area contributed by atoms with Crippen molar-refractivity contribution >= 4 is 17.0 Å². The topological polar surface area (TPSA) is 66.4 Å². The summed E-state index contributed by atoms with van der Waals surface area (Å²) < 4.78 is 25.3. The zero-order valence-corrected chi connectivity index (χ0v) is 8.22. The van der Waals surface area contributed by atoms with E-state index in [9.17, 15) is 13.6 Å². The molecule has 2 unspecified atom stereocenters. The minimum Gasteiger partial charge on any atom is -0.772 e. The highest BCUT2D eigenvalue weighted by atomic mass is 32.2. The van der Waals surface area contributed by atoms with Crippen LogP contribution in [0.3, 0.4) is 0 Å². The van der Waals surface area contributed by atoms with Gasteiger partial charge in [0.1, 0.15) is 5.25 Å². The Morgan fingerprint density at radius 2 is 2.00 bits per heavy atom. The maximum Gasteiger partial charge on any atom is 0.320 e. The molecule has 0 fully saturated rings. The molecule has 2 atom stereocenters. The van der Waals surface area contributed by atoms with Gasteiger partial charge in [-0.1, -0.05) is 13.8 Å². The van der Waals surface area contributed by atoms with E-state index in [2.05, 4.69) is 0 Å². The molecule has 0 spiro atoms. The van der Waals surface area contributed by atoms with E-state index in [-0.39, 0.29) is 12.5 Å². The summed E-state index contributed by atoms with van der Waals surface area (Å²) in [6.45, 7) is 5.32. The van der Waals surface area contributed by atoms with Crippen LogP contribution in [-0.2, 0) is 20.6 Å². The second-order valence-corrected chi connectivity index (χ2v) is 4.15. The smallest absolute Gasteiger partial charge is 0.320 e. The van der Waals surface area contributed by atoms with Gasteiger partial charge in [-0.05, 0) is 23.9 Å². The van der Waals surface area contributed by atoms with E-state index >= 15 is 0 Å². The van der Waals surface area contributed by atoms with Crippen molar-refractivity contribution in [2.75, 3.05) is 6.61 Å². The molecule has 72 valence electrons. The van der Waals surface area contributed by atoms with Crippen LogP contribution < -0.4 is 0 Å². The Morgan fingerprint density at radius 1 is 1.50 bits per heavy atom. The molecular weight excluding hydrogens is 180 g/mol. The number of carbonyl (C=O) groups is 1. The molecule has 0 aromatic carbocycles. The summed E-state index contributed by atoms with van der Waals surface area (Å²) in [6.07, 6.45) is 0. The summed E-state index contributed by atoms with van der Waals surface area (Å²) in [5.74, 6) is -0.460. The highest BCUT2D eigenvalue weighted by Gasteiger charge is 2.14. The maximum absolute atomic E-state index is 10.9. The van der Waals surface area contributed by atoms with Crippen molar-refractivity contribution in [3.05, 3.63) is 0 Å². The Labute approximate surface area is 74.6 Å². The van der Waals surface area contributed by atoms with Crippen molar-refractivity contribution in [2.45, 2.75) is 26.0 Å². The molecule has 0 amide bonds. The van der Waals surface area contributed by atoms with Crippen LogP contribution in [0.15, 0.2) is 0 Å². The molecule has 0 N–H and O–H groups in total. The Kier molecular flexibility index (Phi) is 5.08. The molecule has 0 aromatic heterocycles. The Hall–Kier alpha value is -0.420. The molecule has 0 bridgehead atoms. The lowest BCUT2D eigenvalue weighted by atomic mass is 10.2. The van der Waals surface area contributed by atoms with E-state index in [1.807, 2.05) is 13.8 Å². The van der Waals surface area contributed by atoms with Gasteiger partial charge in [0.2, 0.25) is 0 Å². The highest BCUT2D eigenvalue weighted by Crippen LogP contribution is 1.99. The molecule has 0 rings (SSSR count). The molecule has 0 radical (unpaired) electrons. The molecule has 0 aliphatic carbocycles. The number of ether oxygens (including phenoxy) is 1. The van der Waals surface area contributed by atoms with Gasteiger partial charge >= 0.3 is 5.97 Å². The zero-order valence-electron chi connectivity index (χ0n) is 7.40. The fourth-order valence-electron chi connectivity index (χ4n) is 0.445. The summed E-state index contributed by atoms with van der Waals surface area (Å²) in [7, 11) is 0. The van der Waals surface area contributed by atoms with Crippen molar-refractivity contribution < 1.29 is 18.3 Å².